The van der Waals surface area contributed by atoms with Crippen molar-refractivity contribution in [2.24, 2.45) is 5.10 Å². The minimum absolute atomic E-state index is 0.228. The predicted octanol–water partition coefficient (Wildman–Crippen LogP) is 2.66. The Hall–Kier alpha value is -2.69. The summed E-state index contributed by atoms with van der Waals surface area (Å²) in [6.45, 7) is 1.75. The maximum absolute atomic E-state index is 12.9. The maximum atomic E-state index is 12.9. The molecule has 0 aromatic heterocycles. The van der Waals surface area contributed by atoms with E-state index in [1.807, 2.05) is 31.2 Å². The summed E-state index contributed by atoms with van der Waals surface area (Å²) >= 11 is 0. The predicted molar refractivity (Wildman–Crippen MR) is 78.8 cm³/mol. The Morgan fingerprint density at radius 3 is 2.86 bits per heavy atom. The number of nitrogens with zero attached hydrogens (tertiary/aromatic N) is 1. The fourth-order valence-electron chi connectivity index (χ4n) is 1.67. The fraction of sp³-hybridized carbons (Fsp3) is 0.125. The Labute approximate surface area is 122 Å². The summed E-state index contributed by atoms with van der Waals surface area (Å²) in [5.74, 6) is -0.527. The van der Waals surface area contributed by atoms with Crippen molar-refractivity contribution in [2.45, 2.75) is 6.92 Å². The third-order valence-electron chi connectivity index (χ3n) is 2.61. The smallest absolute Gasteiger partial charge is 0.277 e. The molecule has 0 heterocycles. The van der Waals surface area contributed by atoms with Crippen molar-refractivity contribution >= 4 is 12.1 Å². The zero-order chi connectivity index (χ0) is 15.1. The largest absolute Gasteiger partial charge is 0.484 e. The molecule has 2 aromatic carbocycles. The molecule has 0 aliphatic heterocycles. The first kappa shape index (κ1) is 14.7. The Kier molecular flexibility index (Phi) is 5.04. The van der Waals surface area contributed by atoms with Crippen molar-refractivity contribution in [1.82, 2.24) is 5.43 Å². The van der Waals surface area contributed by atoms with Gasteiger partial charge in [-0.1, -0.05) is 35.9 Å². The van der Waals surface area contributed by atoms with E-state index in [0.29, 0.717) is 5.75 Å². The lowest BCUT2D eigenvalue weighted by Gasteiger charge is -2.04. The molecular formula is C16H15FN2O2. The normalized spacial score (nSPS) is 10.6. The van der Waals surface area contributed by atoms with E-state index < -0.39 is 11.7 Å². The number of amides is 1. The number of hydrogen-bond donors (Lipinski definition) is 1. The Morgan fingerprint density at radius 1 is 1.29 bits per heavy atom. The Morgan fingerprint density at radius 2 is 2.10 bits per heavy atom. The van der Waals surface area contributed by atoms with Crippen molar-refractivity contribution < 1.29 is 13.9 Å². The van der Waals surface area contributed by atoms with Gasteiger partial charge in [-0.2, -0.15) is 5.10 Å². The van der Waals surface area contributed by atoms with Crippen LogP contribution in [0.3, 0.4) is 0 Å². The van der Waals surface area contributed by atoms with Gasteiger partial charge in [0.05, 0.1) is 6.21 Å². The van der Waals surface area contributed by atoms with Gasteiger partial charge in [-0.15, -0.1) is 0 Å². The Balaban J connectivity index is 1.80. The molecule has 108 valence electrons. The molecule has 0 radical (unpaired) electrons. The highest BCUT2D eigenvalue weighted by Gasteiger charge is 2.02. The number of ether oxygens (including phenoxy) is 1. The summed E-state index contributed by atoms with van der Waals surface area (Å²) in [7, 11) is 0. The average Bonchev–Trinajstić information content (AvgIpc) is 2.45. The highest BCUT2D eigenvalue weighted by atomic mass is 19.1. The third-order valence-corrected chi connectivity index (χ3v) is 2.61. The van der Waals surface area contributed by atoms with Crippen molar-refractivity contribution in [3.05, 3.63) is 65.5 Å². The first-order valence-corrected chi connectivity index (χ1v) is 6.40. The van der Waals surface area contributed by atoms with E-state index in [0.717, 1.165) is 11.1 Å². The molecule has 0 unspecified atom stereocenters. The molecule has 0 atom stereocenters. The first-order valence-electron chi connectivity index (χ1n) is 6.40. The van der Waals surface area contributed by atoms with Gasteiger partial charge in [0.1, 0.15) is 11.6 Å². The molecule has 0 saturated carbocycles. The maximum Gasteiger partial charge on any atom is 0.277 e. The first-order chi connectivity index (χ1) is 10.1. The van der Waals surface area contributed by atoms with Crippen molar-refractivity contribution in [1.29, 1.82) is 0 Å². The van der Waals surface area contributed by atoms with Crippen LogP contribution in [0.5, 0.6) is 5.75 Å². The lowest BCUT2D eigenvalue weighted by Crippen LogP contribution is -2.24. The van der Waals surface area contributed by atoms with Crippen LogP contribution >= 0.6 is 0 Å². The van der Waals surface area contributed by atoms with Gasteiger partial charge in [0, 0.05) is 6.07 Å². The number of benzene rings is 2. The number of nitrogens with one attached hydrogen (secondary N) is 1. The summed E-state index contributed by atoms with van der Waals surface area (Å²) in [5.41, 5.74) is 4.35. The van der Waals surface area contributed by atoms with E-state index in [9.17, 15) is 9.18 Å². The van der Waals surface area contributed by atoms with Crippen molar-refractivity contribution in [3.8, 4) is 5.75 Å². The number of aryl methyl sites for hydroxylation is 1. The molecule has 1 amide bonds. The van der Waals surface area contributed by atoms with Gasteiger partial charge < -0.3 is 4.74 Å². The zero-order valence-electron chi connectivity index (χ0n) is 11.5. The highest BCUT2D eigenvalue weighted by molar-refractivity contribution is 5.83. The second-order valence-electron chi connectivity index (χ2n) is 4.45. The SMILES string of the molecule is Cc1cccc(/C=N\NC(=O)COc2cccc(F)c2)c1. The molecular weight excluding hydrogens is 271 g/mol. The highest BCUT2D eigenvalue weighted by Crippen LogP contribution is 2.11. The van der Waals surface area contributed by atoms with Crippen LogP contribution in [0.25, 0.3) is 0 Å². The summed E-state index contributed by atoms with van der Waals surface area (Å²) in [4.78, 5) is 11.5. The summed E-state index contributed by atoms with van der Waals surface area (Å²) in [6, 6.07) is 13.3. The summed E-state index contributed by atoms with van der Waals surface area (Å²) < 4.78 is 18.1. The van der Waals surface area contributed by atoms with Gasteiger partial charge in [0.2, 0.25) is 0 Å². The molecule has 5 heteroatoms. The van der Waals surface area contributed by atoms with Crippen LogP contribution < -0.4 is 10.2 Å². The van der Waals surface area contributed by atoms with Gasteiger partial charge in [-0.05, 0) is 24.6 Å². The minimum atomic E-state index is -0.414. The van der Waals surface area contributed by atoms with Crippen LogP contribution in [0.2, 0.25) is 0 Å². The van der Waals surface area contributed by atoms with Gasteiger partial charge in [0.15, 0.2) is 6.61 Å². The lowest BCUT2D eigenvalue weighted by atomic mass is 10.2. The number of hydrazone groups is 1. The fourth-order valence-corrected chi connectivity index (χ4v) is 1.67. The Bertz CT molecular complexity index is 656. The molecule has 0 spiro atoms. The van der Waals surface area contributed by atoms with Gasteiger partial charge in [-0.3, -0.25) is 4.79 Å². The summed E-state index contributed by atoms with van der Waals surface area (Å²) in [5, 5.41) is 3.83. The molecule has 0 saturated heterocycles. The van der Waals surface area contributed by atoms with E-state index in [-0.39, 0.29) is 6.61 Å². The summed E-state index contributed by atoms with van der Waals surface area (Å²) in [6.07, 6.45) is 1.55. The second-order valence-corrected chi connectivity index (χ2v) is 4.45. The topological polar surface area (TPSA) is 50.7 Å². The minimum Gasteiger partial charge on any atom is -0.484 e. The van der Waals surface area contributed by atoms with E-state index in [1.165, 1.54) is 18.2 Å². The number of halogens is 1. The van der Waals surface area contributed by atoms with Crippen LogP contribution in [0.1, 0.15) is 11.1 Å². The molecule has 0 bridgehead atoms. The monoisotopic (exact) mass is 286 g/mol. The zero-order valence-corrected chi connectivity index (χ0v) is 11.5. The van der Waals surface area contributed by atoms with Crippen LogP contribution in [0, 0.1) is 12.7 Å². The molecule has 1 N–H and O–H groups in total. The molecule has 4 nitrogen and oxygen atoms in total. The van der Waals surface area contributed by atoms with Gasteiger partial charge >= 0.3 is 0 Å². The van der Waals surface area contributed by atoms with E-state index >= 15 is 0 Å². The van der Waals surface area contributed by atoms with Crippen LogP contribution in [0.15, 0.2) is 53.6 Å². The average molecular weight is 286 g/mol. The van der Waals surface area contributed by atoms with Crippen molar-refractivity contribution in [2.75, 3.05) is 6.61 Å². The van der Waals surface area contributed by atoms with Crippen LogP contribution in [-0.2, 0) is 4.79 Å². The number of carbonyl (C=O) groups is 1. The van der Waals surface area contributed by atoms with E-state index in [4.69, 9.17) is 4.74 Å². The molecule has 21 heavy (non-hydrogen) atoms. The quantitative estimate of drug-likeness (QED) is 0.678. The van der Waals surface area contributed by atoms with Crippen LogP contribution in [0.4, 0.5) is 4.39 Å². The molecule has 0 aliphatic carbocycles. The van der Waals surface area contributed by atoms with Crippen LogP contribution in [-0.4, -0.2) is 18.7 Å². The second kappa shape index (κ2) is 7.19. The van der Waals surface area contributed by atoms with Crippen molar-refractivity contribution in [3.63, 3.8) is 0 Å². The number of rotatable bonds is 5. The lowest BCUT2D eigenvalue weighted by molar-refractivity contribution is -0.123. The number of carbonyl (C=O) groups excluding carboxylic acids is 1. The molecule has 0 aliphatic rings. The standard InChI is InChI=1S/C16H15FN2O2/c1-12-4-2-5-13(8-12)10-18-19-16(20)11-21-15-7-3-6-14(17)9-15/h2-10H,11H2,1H3,(H,19,20)/b18-10-. The molecule has 2 aromatic rings. The van der Waals surface area contributed by atoms with Gasteiger partial charge in [0.25, 0.3) is 5.91 Å². The van der Waals surface area contributed by atoms with E-state index in [2.05, 4.69) is 10.5 Å². The molecule has 2 rings (SSSR count). The van der Waals surface area contributed by atoms with E-state index in [1.54, 1.807) is 12.3 Å². The van der Waals surface area contributed by atoms with Gasteiger partial charge in [-0.25, -0.2) is 9.82 Å². The third kappa shape index (κ3) is 5.06. The molecule has 0 fully saturated rings. The number of hydrogen-bond acceptors (Lipinski definition) is 3.